The summed E-state index contributed by atoms with van der Waals surface area (Å²) in [7, 11) is 0. The molecule has 0 fully saturated rings. The fourth-order valence-corrected chi connectivity index (χ4v) is 2.27. The number of furan rings is 1. The Bertz CT molecular complexity index is 674. The summed E-state index contributed by atoms with van der Waals surface area (Å²) in [4.78, 5) is 11.5. The first-order valence-electron chi connectivity index (χ1n) is 6.86. The smallest absolute Gasteiger partial charge is 0.311 e. The minimum absolute atomic E-state index is 0.213. The Labute approximate surface area is 123 Å². The van der Waals surface area contributed by atoms with E-state index in [4.69, 9.17) is 4.42 Å². The van der Waals surface area contributed by atoms with Crippen molar-refractivity contribution in [3.8, 4) is 11.4 Å². The maximum Gasteiger partial charge on any atom is 0.311 e. The van der Waals surface area contributed by atoms with Crippen molar-refractivity contribution < 1.29 is 14.3 Å². The molecule has 2 aromatic rings. The molecule has 0 aromatic carbocycles. The normalized spacial score (nSPS) is 14.1. The lowest BCUT2D eigenvalue weighted by atomic mass is 9.87. The SMILES string of the molecule is CCC(C)(Cn1nnnc1-c1c(C)oc(C)c1C)C(=O)O. The lowest BCUT2D eigenvalue weighted by molar-refractivity contribution is -0.149. The molecule has 0 spiro atoms. The number of nitrogens with zero attached hydrogens (tertiary/aromatic N) is 4. The minimum Gasteiger partial charge on any atom is -0.481 e. The fourth-order valence-electron chi connectivity index (χ4n) is 2.27. The van der Waals surface area contributed by atoms with E-state index in [1.165, 1.54) is 0 Å². The second kappa shape index (κ2) is 5.31. The average Bonchev–Trinajstić information content (AvgIpc) is 2.95. The number of hydrogen-bond acceptors (Lipinski definition) is 5. The van der Waals surface area contributed by atoms with Crippen LogP contribution >= 0.6 is 0 Å². The third-order valence-corrected chi connectivity index (χ3v) is 4.11. The Morgan fingerprint density at radius 2 is 2.00 bits per heavy atom. The summed E-state index contributed by atoms with van der Waals surface area (Å²) in [5.41, 5.74) is 0.892. The van der Waals surface area contributed by atoms with Crippen LogP contribution in [0.2, 0.25) is 0 Å². The number of aliphatic carboxylic acids is 1. The first kappa shape index (κ1) is 15.2. The van der Waals surface area contributed by atoms with Gasteiger partial charge in [-0.1, -0.05) is 6.92 Å². The van der Waals surface area contributed by atoms with Crippen molar-refractivity contribution in [2.24, 2.45) is 5.41 Å². The van der Waals surface area contributed by atoms with E-state index >= 15 is 0 Å². The van der Waals surface area contributed by atoms with Crippen LogP contribution in [0, 0.1) is 26.2 Å². The van der Waals surface area contributed by atoms with Crippen LogP contribution in [0.25, 0.3) is 11.4 Å². The lowest BCUT2D eigenvalue weighted by Gasteiger charge is -2.22. The highest BCUT2D eigenvalue weighted by Gasteiger charge is 2.33. The molecule has 0 saturated heterocycles. The second-order valence-corrected chi connectivity index (χ2v) is 5.59. The molecule has 114 valence electrons. The Kier molecular flexibility index (Phi) is 3.85. The van der Waals surface area contributed by atoms with Crippen LogP contribution in [0.3, 0.4) is 0 Å². The predicted molar refractivity (Wildman–Crippen MR) is 75.8 cm³/mol. The van der Waals surface area contributed by atoms with E-state index in [1.54, 1.807) is 11.6 Å². The van der Waals surface area contributed by atoms with Crippen molar-refractivity contribution in [3.05, 3.63) is 17.1 Å². The minimum atomic E-state index is -0.912. The molecule has 1 N–H and O–H groups in total. The lowest BCUT2D eigenvalue weighted by Crippen LogP contribution is -2.32. The summed E-state index contributed by atoms with van der Waals surface area (Å²) in [6, 6.07) is 0. The van der Waals surface area contributed by atoms with Gasteiger partial charge in [-0.15, -0.1) is 5.10 Å². The molecule has 0 radical (unpaired) electrons. The number of carboxylic acid groups (broad SMARTS) is 1. The van der Waals surface area contributed by atoms with E-state index in [9.17, 15) is 9.90 Å². The van der Waals surface area contributed by atoms with E-state index in [1.807, 2.05) is 27.7 Å². The molecule has 1 unspecified atom stereocenters. The summed E-state index contributed by atoms with van der Waals surface area (Å²) in [5, 5.41) is 21.1. The fraction of sp³-hybridized carbons (Fsp3) is 0.571. The number of aromatic nitrogens is 4. The van der Waals surface area contributed by atoms with Gasteiger partial charge in [0.25, 0.3) is 0 Å². The van der Waals surface area contributed by atoms with Crippen LogP contribution in [0.4, 0.5) is 0 Å². The quantitative estimate of drug-likeness (QED) is 0.909. The van der Waals surface area contributed by atoms with Crippen molar-refractivity contribution in [1.82, 2.24) is 20.2 Å². The molecule has 0 aliphatic heterocycles. The zero-order valence-corrected chi connectivity index (χ0v) is 13.0. The number of rotatable bonds is 5. The van der Waals surface area contributed by atoms with Crippen LogP contribution < -0.4 is 0 Å². The van der Waals surface area contributed by atoms with Gasteiger partial charge in [0.2, 0.25) is 0 Å². The van der Waals surface area contributed by atoms with Gasteiger partial charge in [0.1, 0.15) is 11.5 Å². The molecule has 1 atom stereocenters. The van der Waals surface area contributed by atoms with Crippen LogP contribution in [0.5, 0.6) is 0 Å². The third-order valence-electron chi connectivity index (χ3n) is 4.11. The van der Waals surface area contributed by atoms with E-state index in [0.29, 0.717) is 12.2 Å². The first-order valence-corrected chi connectivity index (χ1v) is 6.86. The molecular formula is C14H20N4O3. The molecular weight excluding hydrogens is 272 g/mol. The van der Waals surface area contributed by atoms with Gasteiger partial charge in [-0.25, -0.2) is 4.68 Å². The number of aryl methyl sites for hydroxylation is 2. The van der Waals surface area contributed by atoms with Crippen molar-refractivity contribution in [3.63, 3.8) is 0 Å². The Hall–Kier alpha value is -2.18. The van der Waals surface area contributed by atoms with Crippen LogP contribution in [-0.2, 0) is 11.3 Å². The summed E-state index contributed by atoms with van der Waals surface area (Å²) in [5.74, 6) is 1.23. The molecule has 0 saturated carbocycles. The van der Waals surface area contributed by atoms with Gasteiger partial charge in [0.05, 0.1) is 17.5 Å². The van der Waals surface area contributed by atoms with E-state index < -0.39 is 11.4 Å². The van der Waals surface area contributed by atoms with Crippen molar-refractivity contribution >= 4 is 5.97 Å². The topological polar surface area (TPSA) is 94.0 Å². The zero-order valence-electron chi connectivity index (χ0n) is 13.0. The van der Waals surface area contributed by atoms with Crippen molar-refractivity contribution in [2.75, 3.05) is 0 Å². The standard InChI is InChI=1S/C14H20N4O3/c1-6-14(5,13(19)20)7-18-12(15-16-17-18)11-8(2)9(3)21-10(11)4/h6-7H2,1-5H3,(H,19,20). The van der Waals surface area contributed by atoms with Gasteiger partial charge in [-0.05, 0) is 44.5 Å². The summed E-state index contributed by atoms with van der Waals surface area (Å²) < 4.78 is 7.15. The predicted octanol–water partition coefficient (Wildman–Crippen LogP) is 2.36. The molecule has 21 heavy (non-hydrogen) atoms. The largest absolute Gasteiger partial charge is 0.481 e. The van der Waals surface area contributed by atoms with E-state index in [-0.39, 0.29) is 6.54 Å². The van der Waals surface area contributed by atoms with Gasteiger partial charge in [0.15, 0.2) is 5.82 Å². The maximum atomic E-state index is 11.5. The zero-order chi connectivity index (χ0) is 15.8. The molecule has 0 amide bonds. The number of carbonyl (C=O) groups is 1. The maximum absolute atomic E-state index is 11.5. The Morgan fingerprint density at radius 3 is 2.48 bits per heavy atom. The van der Waals surface area contributed by atoms with E-state index in [0.717, 1.165) is 22.6 Å². The number of tetrazole rings is 1. The van der Waals surface area contributed by atoms with Gasteiger partial charge < -0.3 is 9.52 Å². The molecule has 7 nitrogen and oxygen atoms in total. The summed E-state index contributed by atoms with van der Waals surface area (Å²) in [6.07, 6.45) is 0.490. The summed E-state index contributed by atoms with van der Waals surface area (Å²) in [6.45, 7) is 9.43. The van der Waals surface area contributed by atoms with Gasteiger partial charge in [-0.2, -0.15) is 0 Å². The average molecular weight is 292 g/mol. The Balaban J connectivity index is 2.47. The highest BCUT2D eigenvalue weighted by atomic mass is 16.4. The molecule has 2 rings (SSSR count). The highest BCUT2D eigenvalue weighted by Crippen LogP contribution is 2.31. The third kappa shape index (κ3) is 2.55. The van der Waals surface area contributed by atoms with E-state index in [2.05, 4.69) is 15.5 Å². The van der Waals surface area contributed by atoms with Crippen molar-refractivity contribution in [2.45, 2.75) is 47.6 Å². The van der Waals surface area contributed by atoms with Crippen molar-refractivity contribution in [1.29, 1.82) is 0 Å². The second-order valence-electron chi connectivity index (χ2n) is 5.59. The van der Waals surface area contributed by atoms with Gasteiger partial charge in [-0.3, -0.25) is 4.79 Å². The molecule has 0 aliphatic carbocycles. The first-order chi connectivity index (χ1) is 9.80. The summed E-state index contributed by atoms with van der Waals surface area (Å²) >= 11 is 0. The number of hydrogen-bond donors (Lipinski definition) is 1. The number of carboxylic acids is 1. The van der Waals surface area contributed by atoms with Crippen LogP contribution in [0.1, 0.15) is 37.4 Å². The molecule has 7 heteroatoms. The molecule has 0 bridgehead atoms. The molecule has 0 aliphatic rings. The van der Waals surface area contributed by atoms with Gasteiger partial charge >= 0.3 is 5.97 Å². The highest BCUT2D eigenvalue weighted by molar-refractivity contribution is 5.74. The van der Waals surface area contributed by atoms with Gasteiger partial charge in [0, 0.05) is 5.56 Å². The monoisotopic (exact) mass is 292 g/mol. The molecule has 2 aromatic heterocycles. The van der Waals surface area contributed by atoms with Crippen LogP contribution in [0.15, 0.2) is 4.42 Å². The van der Waals surface area contributed by atoms with Crippen LogP contribution in [-0.4, -0.2) is 31.3 Å². The molecule has 2 heterocycles. The Morgan fingerprint density at radius 1 is 1.33 bits per heavy atom.